The molecule has 0 rings (SSSR count). The second kappa shape index (κ2) is 9.77. The van der Waals surface area contributed by atoms with Gasteiger partial charge in [-0.2, -0.15) is 12.6 Å². The molecule has 0 radical (unpaired) electrons. The van der Waals surface area contributed by atoms with Gasteiger partial charge in [0.2, 0.25) is 0 Å². The van der Waals surface area contributed by atoms with E-state index in [1.54, 1.807) is 13.8 Å². The number of hydrogen-bond donors (Lipinski definition) is 4. The summed E-state index contributed by atoms with van der Waals surface area (Å²) in [7, 11) is 0. The van der Waals surface area contributed by atoms with Gasteiger partial charge >= 0.3 is 0 Å². The van der Waals surface area contributed by atoms with Crippen molar-refractivity contribution in [3.8, 4) is 0 Å². The summed E-state index contributed by atoms with van der Waals surface area (Å²) in [5.74, 6) is 1.65. The van der Waals surface area contributed by atoms with Gasteiger partial charge in [-0.25, -0.2) is 0 Å². The Morgan fingerprint density at radius 3 is 1.89 bits per heavy atom. The molecule has 0 bridgehead atoms. The van der Waals surface area contributed by atoms with Crippen LogP contribution in [0.15, 0.2) is 0 Å². The fourth-order valence-corrected chi connectivity index (χ4v) is 4.04. The van der Waals surface area contributed by atoms with E-state index < -0.39 is 0 Å². The molecule has 0 aliphatic rings. The lowest BCUT2D eigenvalue weighted by atomic mass is 9.89. The summed E-state index contributed by atoms with van der Waals surface area (Å²) in [4.78, 5) is 0. The molecule has 0 fully saturated rings. The molecule has 0 saturated carbocycles. The molecule has 0 saturated heterocycles. The highest BCUT2D eigenvalue weighted by Crippen LogP contribution is 2.35. The van der Waals surface area contributed by atoms with E-state index in [4.69, 9.17) is 5.11 Å². The third kappa shape index (κ3) is 9.81. The van der Waals surface area contributed by atoms with Crippen LogP contribution >= 0.6 is 36.2 Å². The SMILES string of the molecule is CC(O)SCC(C)(CSC(C)O)CC(S)CCO. The maximum Gasteiger partial charge on any atom is 0.0964 e. The summed E-state index contributed by atoms with van der Waals surface area (Å²) in [6, 6.07) is 0. The first kappa shape index (κ1) is 18.9. The van der Waals surface area contributed by atoms with E-state index in [2.05, 4.69) is 19.6 Å². The maximum absolute atomic E-state index is 9.38. The predicted octanol–water partition coefficient (Wildman–Crippen LogP) is 2.21. The molecule has 0 spiro atoms. The quantitative estimate of drug-likeness (QED) is 0.368. The van der Waals surface area contributed by atoms with Crippen molar-refractivity contribution < 1.29 is 15.3 Å². The van der Waals surface area contributed by atoms with E-state index >= 15 is 0 Å². The van der Waals surface area contributed by atoms with Crippen LogP contribution in [-0.4, -0.2) is 49.6 Å². The molecular formula is C12H26O3S3. The Morgan fingerprint density at radius 2 is 1.56 bits per heavy atom. The number of thiol groups is 1. The van der Waals surface area contributed by atoms with Crippen LogP contribution in [-0.2, 0) is 0 Å². The molecule has 3 N–H and O–H groups in total. The minimum atomic E-state index is -0.378. The summed E-state index contributed by atoms with van der Waals surface area (Å²) >= 11 is 7.52. The van der Waals surface area contributed by atoms with Gasteiger partial charge < -0.3 is 15.3 Å². The Labute approximate surface area is 125 Å². The molecule has 3 nitrogen and oxygen atoms in total. The second-order valence-corrected chi connectivity index (χ2v) is 8.34. The van der Waals surface area contributed by atoms with Crippen LogP contribution in [0.4, 0.5) is 0 Å². The first-order chi connectivity index (χ1) is 8.29. The van der Waals surface area contributed by atoms with Crippen molar-refractivity contribution >= 4 is 36.2 Å². The fourth-order valence-electron chi connectivity index (χ4n) is 1.62. The normalized spacial score (nSPS) is 20.2. The van der Waals surface area contributed by atoms with Crippen LogP contribution in [0.3, 0.4) is 0 Å². The van der Waals surface area contributed by atoms with Gasteiger partial charge in [0.15, 0.2) is 0 Å². The van der Waals surface area contributed by atoms with Crippen molar-refractivity contribution in [3.05, 3.63) is 0 Å². The average molecular weight is 315 g/mol. The number of aliphatic hydroxyl groups is 3. The molecule has 0 aromatic rings. The van der Waals surface area contributed by atoms with Gasteiger partial charge in [-0.05, 0) is 32.1 Å². The minimum absolute atomic E-state index is 0.00486. The topological polar surface area (TPSA) is 60.7 Å². The molecular weight excluding hydrogens is 288 g/mol. The first-order valence-electron chi connectivity index (χ1n) is 6.17. The summed E-state index contributed by atoms with van der Waals surface area (Å²) in [6.07, 6.45) is 1.55. The minimum Gasteiger partial charge on any atom is -0.396 e. The largest absolute Gasteiger partial charge is 0.396 e. The van der Waals surface area contributed by atoms with Crippen molar-refractivity contribution in [1.29, 1.82) is 0 Å². The van der Waals surface area contributed by atoms with Crippen molar-refractivity contribution in [1.82, 2.24) is 0 Å². The van der Waals surface area contributed by atoms with Gasteiger partial charge in [0, 0.05) is 23.4 Å². The Kier molecular flexibility index (Phi) is 10.3. The zero-order valence-corrected chi connectivity index (χ0v) is 13.9. The van der Waals surface area contributed by atoms with Crippen molar-refractivity contribution in [2.45, 2.75) is 49.7 Å². The summed E-state index contributed by atoms with van der Waals surface area (Å²) in [5, 5.41) is 27.8. The monoisotopic (exact) mass is 314 g/mol. The summed E-state index contributed by atoms with van der Waals surface area (Å²) in [5.41, 5.74) is -0.751. The molecule has 18 heavy (non-hydrogen) atoms. The van der Waals surface area contributed by atoms with Crippen LogP contribution < -0.4 is 0 Å². The van der Waals surface area contributed by atoms with Gasteiger partial charge in [0.1, 0.15) is 0 Å². The van der Waals surface area contributed by atoms with Crippen LogP contribution in [0.1, 0.15) is 33.6 Å². The maximum atomic E-state index is 9.38. The van der Waals surface area contributed by atoms with Gasteiger partial charge in [0.05, 0.1) is 10.9 Å². The molecule has 3 atom stereocenters. The van der Waals surface area contributed by atoms with Crippen molar-refractivity contribution in [2.24, 2.45) is 5.41 Å². The van der Waals surface area contributed by atoms with E-state index in [1.807, 2.05) is 0 Å². The van der Waals surface area contributed by atoms with Crippen molar-refractivity contribution in [3.63, 3.8) is 0 Å². The van der Waals surface area contributed by atoms with Crippen molar-refractivity contribution in [2.75, 3.05) is 18.1 Å². The Balaban J connectivity index is 4.37. The van der Waals surface area contributed by atoms with Crippen LogP contribution in [0.5, 0.6) is 0 Å². The fraction of sp³-hybridized carbons (Fsp3) is 1.00. The van der Waals surface area contributed by atoms with Gasteiger partial charge in [-0.3, -0.25) is 0 Å². The number of aliphatic hydroxyl groups excluding tert-OH is 3. The molecule has 0 heterocycles. The lowest BCUT2D eigenvalue weighted by Crippen LogP contribution is -2.29. The number of rotatable bonds is 10. The molecule has 0 aromatic heterocycles. The zero-order valence-electron chi connectivity index (χ0n) is 11.4. The first-order valence-corrected chi connectivity index (χ1v) is 8.79. The summed E-state index contributed by atoms with van der Waals surface area (Å²) < 4.78 is 0. The van der Waals surface area contributed by atoms with E-state index in [1.165, 1.54) is 23.5 Å². The van der Waals surface area contributed by atoms with Crippen LogP contribution in [0.25, 0.3) is 0 Å². The van der Waals surface area contributed by atoms with Crippen LogP contribution in [0, 0.1) is 5.41 Å². The molecule has 0 aliphatic heterocycles. The van der Waals surface area contributed by atoms with E-state index in [0.29, 0.717) is 6.42 Å². The van der Waals surface area contributed by atoms with E-state index in [9.17, 15) is 10.2 Å². The van der Waals surface area contributed by atoms with E-state index in [-0.39, 0.29) is 28.1 Å². The molecule has 3 unspecified atom stereocenters. The molecule has 0 amide bonds. The standard InChI is InChI=1S/C12H26O3S3/c1-9(14)17-7-12(3,8-18-10(2)15)6-11(16)4-5-13/h9-11,13-16H,4-8H2,1-3H3. The Bertz CT molecular complexity index is 201. The second-order valence-electron chi connectivity index (χ2n) is 5.00. The van der Waals surface area contributed by atoms with Crippen LogP contribution in [0.2, 0.25) is 0 Å². The highest BCUT2D eigenvalue weighted by molar-refractivity contribution is 8.00. The highest BCUT2D eigenvalue weighted by Gasteiger charge is 2.28. The third-order valence-corrected chi connectivity index (χ3v) is 5.67. The lowest BCUT2D eigenvalue weighted by Gasteiger charge is -2.32. The number of hydrogen-bond acceptors (Lipinski definition) is 6. The number of thioether (sulfide) groups is 2. The molecule has 6 heteroatoms. The molecule has 0 aromatic carbocycles. The lowest BCUT2D eigenvalue weighted by molar-refractivity contribution is 0.268. The van der Waals surface area contributed by atoms with Gasteiger partial charge in [-0.1, -0.05) is 6.92 Å². The third-order valence-electron chi connectivity index (χ3n) is 2.54. The smallest absolute Gasteiger partial charge is 0.0964 e. The zero-order chi connectivity index (χ0) is 14.2. The average Bonchev–Trinajstić information content (AvgIpc) is 2.24. The van der Waals surface area contributed by atoms with Gasteiger partial charge in [-0.15, -0.1) is 23.5 Å². The predicted molar refractivity (Wildman–Crippen MR) is 85.5 cm³/mol. The van der Waals surface area contributed by atoms with Gasteiger partial charge in [0.25, 0.3) is 0 Å². The molecule has 0 aliphatic carbocycles. The highest BCUT2D eigenvalue weighted by atomic mass is 32.2. The Hall–Kier alpha value is 0.930. The van der Waals surface area contributed by atoms with E-state index in [0.717, 1.165) is 17.9 Å². The summed E-state index contributed by atoms with van der Waals surface area (Å²) in [6.45, 7) is 5.83. The molecule has 110 valence electrons. The Morgan fingerprint density at radius 1 is 1.11 bits per heavy atom.